The van der Waals surface area contributed by atoms with Crippen molar-refractivity contribution in [3.8, 4) is 34.1 Å². The highest BCUT2D eigenvalue weighted by atomic mass is 16.5. The molecular formula is C38H46N4O7. The topological polar surface area (TPSA) is 140 Å². The number of benzene rings is 2. The Kier molecular flexibility index (Phi) is 11.0. The van der Waals surface area contributed by atoms with Crippen molar-refractivity contribution in [1.29, 1.82) is 0 Å². The van der Waals surface area contributed by atoms with Gasteiger partial charge in [-0.25, -0.2) is 0 Å². The molecule has 260 valence electrons. The van der Waals surface area contributed by atoms with E-state index < -0.39 is 12.1 Å². The van der Waals surface area contributed by atoms with Crippen LogP contribution in [0.15, 0.2) is 53.5 Å². The lowest BCUT2D eigenvalue weighted by Gasteiger charge is -2.20. The Bertz CT molecular complexity index is 1900. The van der Waals surface area contributed by atoms with Crippen molar-refractivity contribution < 1.29 is 28.5 Å². The summed E-state index contributed by atoms with van der Waals surface area (Å²) in [5.41, 5.74) is 5.11. The Morgan fingerprint density at radius 1 is 0.959 bits per heavy atom. The molecule has 11 heteroatoms. The predicted octanol–water partition coefficient (Wildman–Crippen LogP) is 5.54. The third kappa shape index (κ3) is 7.61. The number of hydrogen-bond acceptors (Lipinski definition) is 8. The van der Waals surface area contributed by atoms with Crippen LogP contribution >= 0.6 is 0 Å². The maximum atomic E-state index is 13.9. The second kappa shape index (κ2) is 15.4. The molecule has 49 heavy (non-hydrogen) atoms. The summed E-state index contributed by atoms with van der Waals surface area (Å²) in [6, 6.07) is 11.8. The van der Waals surface area contributed by atoms with Gasteiger partial charge < -0.3 is 39.9 Å². The van der Waals surface area contributed by atoms with Crippen LogP contribution in [0.5, 0.6) is 23.0 Å². The highest BCUT2D eigenvalue weighted by Crippen LogP contribution is 2.50. The Balaban J connectivity index is 1.48. The molecule has 1 aliphatic rings. The summed E-state index contributed by atoms with van der Waals surface area (Å²) in [4.78, 5) is 43.1. The van der Waals surface area contributed by atoms with Gasteiger partial charge in [0.2, 0.25) is 23.0 Å². The number of fused-ring (bicyclic) bond motifs is 4. The van der Waals surface area contributed by atoms with Gasteiger partial charge in [-0.15, -0.1) is 0 Å². The molecule has 4 aromatic rings. The second-order valence-corrected chi connectivity index (χ2v) is 12.7. The van der Waals surface area contributed by atoms with Crippen molar-refractivity contribution in [1.82, 2.24) is 15.6 Å². The number of aryl methyl sites for hydroxylation is 1. The monoisotopic (exact) mass is 670 g/mol. The maximum Gasteiger partial charge on any atom is 0.242 e. The normalized spacial score (nSPS) is 14.2. The van der Waals surface area contributed by atoms with E-state index in [-0.39, 0.29) is 28.8 Å². The van der Waals surface area contributed by atoms with Crippen molar-refractivity contribution >= 4 is 28.4 Å². The fourth-order valence-corrected chi connectivity index (χ4v) is 6.65. The predicted molar refractivity (Wildman–Crippen MR) is 191 cm³/mol. The quantitative estimate of drug-likeness (QED) is 0.146. The van der Waals surface area contributed by atoms with Gasteiger partial charge in [-0.2, -0.15) is 0 Å². The van der Waals surface area contributed by atoms with E-state index in [1.807, 2.05) is 50.4 Å². The third-order valence-electron chi connectivity index (χ3n) is 8.94. The number of aromatic amines is 1. The van der Waals surface area contributed by atoms with E-state index in [0.29, 0.717) is 55.0 Å². The zero-order chi connectivity index (χ0) is 35.2. The number of aromatic nitrogens is 1. The van der Waals surface area contributed by atoms with Crippen molar-refractivity contribution in [3.63, 3.8) is 0 Å². The fourth-order valence-electron chi connectivity index (χ4n) is 6.65. The van der Waals surface area contributed by atoms with Crippen molar-refractivity contribution in [2.75, 3.05) is 40.3 Å². The minimum Gasteiger partial charge on any atom is -0.497 e. The molecule has 2 amide bonds. The summed E-state index contributed by atoms with van der Waals surface area (Å²) < 4.78 is 22.6. The molecule has 0 fully saturated rings. The summed E-state index contributed by atoms with van der Waals surface area (Å²) in [5.74, 6) is 1.97. The molecule has 0 radical (unpaired) electrons. The van der Waals surface area contributed by atoms with Crippen molar-refractivity contribution in [2.45, 2.75) is 58.5 Å². The number of hydrogen-bond donors (Lipinski definition) is 4. The number of H-pyrrole nitrogens is 1. The second-order valence-electron chi connectivity index (χ2n) is 12.7. The first-order valence-corrected chi connectivity index (χ1v) is 16.5. The van der Waals surface area contributed by atoms with E-state index in [1.54, 1.807) is 40.6 Å². The highest BCUT2D eigenvalue weighted by molar-refractivity contribution is 5.87. The van der Waals surface area contributed by atoms with Crippen LogP contribution < -0.4 is 40.3 Å². The zero-order valence-electron chi connectivity index (χ0n) is 29.2. The first-order valence-electron chi connectivity index (χ1n) is 16.5. The van der Waals surface area contributed by atoms with Crippen LogP contribution in [0.1, 0.15) is 56.3 Å². The molecule has 4 N–H and O–H groups in total. The summed E-state index contributed by atoms with van der Waals surface area (Å²) in [5, 5.41) is 10.4. The molecule has 2 atom stereocenters. The Morgan fingerprint density at radius 2 is 1.73 bits per heavy atom. The summed E-state index contributed by atoms with van der Waals surface area (Å²) in [6.45, 7) is 5.95. The van der Waals surface area contributed by atoms with Gasteiger partial charge in [0.15, 0.2) is 11.5 Å². The van der Waals surface area contributed by atoms with Gasteiger partial charge in [-0.1, -0.05) is 19.9 Å². The first-order chi connectivity index (χ1) is 23.6. The molecule has 11 nitrogen and oxygen atoms in total. The van der Waals surface area contributed by atoms with E-state index >= 15 is 0 Å². The molecular weight excluding hydrogens is 624 g/mol. The standard InChI is InChI=1S/C38H46N4O7/c1-21(2)16-32(38(45)39-15-14-24-20-40-29-12-9-25(46-4)18-27(24)29)42-31-13-10-26-28(19-33(31)44)30(41-22(3)43)11-8-23-17-34(47-5)36(48-6)37(49-7)35(23)26/h9-10,12-13,17-21,30,32,40H,8,11,14-16H2,1-7H3,(H,39,45)(H,41,43)(H,42,44)/t30-,32-/m0/s1. The van der Waals surface area contributed by atoms with E-state index in [4.69, 9.17) is 18.9 Å². The van der Waals surface area contributed by atoms with Gasteiger partial charge in [0.25, 0.3) is 0 Å². The minimum atomic E-state index is -0.657. The third-order valence-corrected chi connectivity index (χ3v) is 8.94. The molecule has 0 saturated heterocycles. The molecule has 0 aliphatic heterocycles. The number of nitrogens with one attached hydrogen (secondary N) is 4. The van der Waals surface area contributed by atoms with Crippen LogP contribution in [-0.2, 0) is 22.4 Å². The lowest BCUT2D eigenvalue weighted by molar-refractivity contribution is -0.122. The smallest absolute Gasteiger partial charge is 0.242 e. The van der Waals surface area contributed by atoms with Crippen LogP contribution in [-0.4, -0.2) is 57.8 Å². The van der Waals surface area contributed by atoms with E-state index in [9.17, 15) is 14.4 Å². The van der Waals surface area contributed by atoms with E-state index in [0.717, 1.165) is 38.9 Å². The number of ether oxygens (including phenoxy) is 4. The maximum absolute atomic E-state index is 13.9. The van der Waals surface area contributed by atoms with Gasteiger partial charge in [0.05, 0.1) is 40.2 Å². The number of amides is 2. The van der Waals surface area contributed by atoms with Crippen LogP contribution in [0, 0.1) is 5.92 Å². The average molecular weight is 671 g/mol. The van der Waals surface area contributed by atoms with Gasteiger partial charge in [0, 0.05) is 36.1 Å². The van der Waals surface area contributed by atoms with Gasteiger partial charge in [-0.3, -0.25) is 14.4 Å². The first kappa shape index (κ1) is 35.1. The Morgan fingerprint density at radius 3 is 2.41 bits per heavy atom. The van der Waals surface area contributed by atoms with Crippen LogP contribution in [0.4, 0.5) is 5.69 Å². The van der Waals surface area contributed by atoms with Crippen molar-refractivity contribution in [2.24, 2.45) is 5.92 Å². The van der Waals surface area contributed by atoms with Crippen LogP contribution in [0.3, 0.4) is 0 Å². The van der Waals surface area contributed by atoms with Crippen molar-refractivity contribution in [3.05, 3.63) is 75.6 Å². The number of carbonyl (C=O) groups excluding carboxylic acids is 2. The molecule has 0 bridgehead atoms. The average Bonchev–Trinajstić information content (AvgIpc) is 3.34. The molecule has 1 aromatic heterocycles. The number of carbonyl (C=O) groups is 2. The summed E-state index contributed by atoms with van der Waals surface area (Å²) in [6.07, 6.45) is 4.22. The van der Waals surface area contributed by atoms with Gasteiger partial charge in [-0.05, 0) is 90.3 Å². The number of anilines is 1. The fraction of sp³-hybridized carbons (Fsp3) is 0.395. The molecule has 3 aromatic carbocycles. The SMILES string of the molecule is COc1ccc2[nH]cc(CCNC(=O)[C@H](CC(C)C)Nc3ccc4c(cc3=O)[C@@H](NC(C)=O)CCc3cc(OC)c(OC)c(OC)c3-4)c2c1. The summed E-state index contributed by atoms with van der Waals surface area (Å²) in [7, 11) is 6.31. The highest BCUT2D eigenvalue weighted by Gasteiger charge is 2.30. The molecule has 0 saturated carbocycles. The Labute approximate surface area is 286 Å². The lowest BCUT2D eigenvalue weighted by atomic mass is 9.95. The van der Waals surface area contributed by atoms with E-state index in [1.165, 1.54) is 6.92 Å². The van der Waals surface area contributed by atoms with Gasteiger partial charge in [0.1, 0.15) is 11.8 Å². The summed E-state index contributed by atoms with van der Waals surface area (Å²) >= 11 is 0. The number of methoxy groups -OCH3 is 4. The van der Waals surface area contributed by atoms with Crippen LogP contribution in [0.2, 0.25) is 0 Å². The molecule has 5 rings (SSSR count). The zero-order valence-corrected chi connectivity index (χ0v) is 29.2. The molecule has 0 spiro atoms. The Hall–Kier alpha value is -5.19. The van der Waals surface area contributed by atoms with Gasteiger partial charge >= 0.3 is 0 Å². The number of rotatable bonds is 13. The largest absolute Gasteiger partial charge is 0.497 e. The van der Waals surface area contributed by atoms with E-state index in [2.05, 4.69) is 20.9 Å². The molecule has 1 heterocycles. The lowest BCUT2D eigenvalue weighted by Crippen LogP contribution is -2.42. The molecule has 1 aliphatic carbocycles. The van der Waals surface area contributed by atoms with Crippen LogP contribution in [0.25, 0.3) is 22.0 Å². The molecule has 0 unspecified atom stereocenters. The minimum absolute atomic E-state index is 0.177.